The first-order valence-corrected chi connectivity index (χ1v) is 6.99. The first kappa shape index (κ1) is 14.7. The lowest BCUT2D eigenvalue weighted by atomic mass is 10.2. The van der Waals surface area contributed by atoms with E-state index in [1.54, 1.807) is 6.07 Å². The molecule has 0 amide bonds. The molecule has 1 heterocycles. The molecule has 0 aliphatic rings. The SMILES string of the molecule is COc1ccc(CN(C)CCc2nnc(N)s2)cc1F. The van der Waals surface area contributed by atoms with Gasteiger partial charge in [0.25, 0.3) is 0 Å². The predicted molar refractivity (Wildman–Crippen MR) is 77.3 cm³/mol. The number of hydrogen-bond donors (Lipinski definition) is 1. The molecule has 2 N–H and O–H groups in total. The Labute approximate surface area is 121 Å². The summed E-state index contributed by atoms with van der Waals surface area (Å²) >= 11 is 1.40. The quantitative estimate of drug-likeness (QED) is 0.882. The van der Waals surface area contributed by atoms with Crippen molar-refractivity contribution >= 4 is 16.5 Å². The molecular formula is C13H17FN4OS. The number of nitrogen functional groups attached to an aromatic ring is 1. The molecule has 0 saturated carbocycles. The molecule has 1 aromatic carbocycles. The molecule has 0 atom stereocenters. The van der Waals surface area contributed by atoms with Crippen LogP contribution < -0.4 is 10.5 Å². The highest BCUT2D eigenvalue weighted by Gasteiger charge is 2.07. The molecule has 1 aromatic heterocycles. The minimum absolute atomic E-state index is 0.265. The molecule has 0 fully saturated rings. The van der Waals surface area contributed by atoms with Gasteiger partial charge in [-0.2, -0.15) is 0 Å². The smallest absolute Gasteiger partial charge is 0.203 e. The van der Waals surface area contributed by atoms with E-state index >= 15 is 0 Å². The molecule has 0 radical (unpaired) electrons. The first-order chi connectivity index (χ1) is 9.58. The summed E-state index contributed by atoms with van der Waals surface area (Å²) in [6.45, 7) is 1.47. The predicted octanol–water partition coefficient (Wildman–Crippen LogP) is 1.94. The largest absolute Gasteiger partial charge is 0.494 e. The van der Waals surface area contributed by atoms with Crippen LogP contribution in [-0.4, -0.2) is 35.8 Å². The van der Waals surface area contributed by atoms with E-state index < -0.39 is 0 Å². The van der Waals surface area contributed by atoms with Gasteiger partial charge < -0.3 is 15.4 Å². The highest BCUT2D eigenvalue weighted by Crippen LogP contribution is 2.18. The number of rotatable bonds is 6. The van der Waals surface area contributed by atoms with Crippen molar-refractivity contribution < 1.29 is 9.13 Å². The lowest BCUT2D eigenvalue weighted by Crippen LogP contribution is -2.20. The highest BCUT2D eigenvalue weighted by atomic mass is 32.1. The molecule has 20 heavy (non-hydrogen) atoms. The number of nitrogens with zero attached hydrogens (tertiary/aromatic N) is 3. The summed E-state index contributed by atoms with van der Waals surface area (Å²) < 4.78 is 18.5. The van der Waals surface area contributed by atoms with Crippen LogP contribution in [0.2, 0.25) is 0 Å². The van der Waals surface area contributed by atoms with Gasteiger partial charge in [0.1, 0.15) is 5.01 Å². The lowest BCUT2D eigenvalue weighted by Gasteiger charge is -2.16. The molecule has 2 aromatic rings. The number of methoxy groups -OCH3 is 1. The fourth-order valence-corrected chi connectivity index (χ4v) is 2.45. The van der Waals surface area contributed by atoms with Crippen molar-refractivity contribution in [3.8, 4) is 5.75 Å². The van der Waals surface area contributed by atoms with Gasteiger partial charge >= 0.3 is 0 Å². The van der Waals surface area contributed by atoms with Crippen LogP contribution in [-0.2, 0) is 13.0 Å². The Morgan fingerprint density at radius 3 is 2.80 bits per heavy atom. The minimum Gasteiger partial charge on any atom is -0.494 e. The molecule has 5 nitrogen and oxygen atoms in total. The summed E-state index contributed by atoms with van der Waals surface area (Å²) in [5.74, 6) is -0.0731. The van der Waals surface area contributed by atoms with E-state index in [4.69, 9.17) is 10.5 Å². The normalized spacial score (nSPS) is 11.0. The monoisotopic (exact) mass is 296 g/mol. The Morgan fingerprint density at radius 1 is 1.40 bits per heavy atom. The van der Waals surface area contributed by atoms with Crippen LogP contribution in [0.5, 0.6) is 5.75 Å². The molecule has 0 spiro atoms. The fourth-order valence-electron chi connectivity index (χ4n) is 1.85. The summed E-state index contributed by atoms with van der Waals surface area (Å²) in [6, 6.07) is 5.00. The summed E-state index contributed by atoms with van der Waals surface area (Å²) in [5, 5.41) is 9.14. The second kappa shape index (κ2) is 6.62. The number of nitrogens with two attached hydrogens (primary N) is 1. The van der Waals surface area contributed by atoms with E-state index in [0.717, 1.165) is 23.5 Å². The zero-order chi connectivity index (χ0) is 14.5. The zero-order valence-corrected chi connectivity index (χ0v) is 12.3. The van der Waals surface area contributed by atoms with E-state index in [1.807, 2.05) is 13.1 Å². The van der Waals surface area contributed by atoms with Crippen LogP contribution in [0.25, 0.3) is 0 Å². The van der Waals surface area contributed by atoms with Crippen LogP contribution >= 0.6 is 11.3 Å². The molecule has 0 aliphatic carbocycles. The number of ether oxygens (including phenoxy) is 1. The third-order valence-corrected chi connectivity index (χ3v) is 3.67. The molecule has 108 valence electrons. The average Bonchev–Trinajstić information content (AvgIpc) is 2.82. The number of anilines is 1. The van der Waals surface area contributed by atoms with Crippen molar-refractivity contribution in [3.05, 3.63) is 34.6 Å². The Balaban J connectivity index is 1.87. The van der Waals surface area contributed by atoms with Gasteiger partial charge in [-0.25, -0.2) is 4.39 Å². The maximum absolute atomic E-state index is 13.6. The van der Waals surface area contributed by atoms with Gasteiger partial charge in [-0.1, -0.05) is 17.4 Å². The maximum atomic E-state index is 13.6. The Kier molecular flexibility index (Phi) is 4.86. The number of halogens is 1. The van der Waals surface area contributed by atoms with Gasteiger partial charge in [-0.05, 0) is 24.7 Å². The molecular weight excluding hydrogens is 279 g/mol. The van der Waals surface area contributed by atoms with Gasteiger partial charge in [0.2, 0.25) is 5.13 Å². The third kappa shape index (κ3) is 3.88. The van der Waals surface area contributed by atoms with Crippen molar-refractivity contribution in [2.45, 2.75) is 13.0 Å². The van der Waals surface area contributed by atoms with E-state index in [9.17, 15) is 4.39 Å². The highest BCUT2D eigenvalue weighted by molar-refractivity contribution is 7.15. The van der Waals surface area contributed by atoms with Crippen molar-refractivity contribution in [2.75, 3.05) is 26.4 Å². The van der Waals surface area contributed by atoms with E-state index in [1.165, 1.54) is 24.5 Å². The molecule has 0 unspecified atom stereocenters. The van der Waals surface area contributed by atoms with E-state index in [0.29, 0.717) is 11.7 Å². The van der Waals surface area contributed by atoms with E-state index in [2.05, 4.69) is 15.1 Å². The van der Waals surface area contributed by atoms with Crippen molar-refractivity contribution in [3.63, 3.8) is 0 Å². The van der Waals surface area contributed by atoms with Crippen LogP contribution in [0.3, 0.4) is 0 Å². The molecule has 0 aliphatic heterocycles. The minimum atomic E-state index is -0.338. The van der Waals surface area contributed by atoms with Crippen LogP contribution in [0.1, 0.15) is 10.6 Å². The second-order valence-electron chi connectivity index (χ2n) is 4.49. The summed E-state index contributed by atoms with van der Waals surface area (Å²) in [4.78, 5) is 2.10. The first-order valence-electron chi connectivity index (χ1n) is 6.17. The fraction of sp³-hybridized carbons (Fsp3) is 0.385. The van der Waals surface area contributed by atoms with Crippen LogP contribution in [0.15, 0.2) is 18.2 Å². The maximum Gasteiger partial charge on any atom is 0.203 e. The zero-order valence-electron chi connectivity index (χ0n) is 11.5. The number of benzene rings is 1. The molecule has 2 rings (SSSR count). The number of likely N-dealkylation sites (N-methyl/N-ethyl adjacent to an activating group) is 1. The van der Waals surface area contributed by atoms with Gasteiger partial charge in [-0.15, -0.1) is 10.2 Å². The molecule has 0 bridgehead atoms. The van der Waals surface area contributed by atoms with Crippen LogP contribution in [0, 0.1) is 5.82 Å². The summed E-state index contributed by atoms with van der Waals surface area (Å²) in [5.41, 5.74) is 6.44. The van der Waals surface area contributed by atoms with E-state index in [-0.39, 0.29) is 11.6 Å². The second-order valence-corrected chi connectivity index (χ2v) is 5.58. The van der Waals surface area contributed by atoms with Gasteiger partial charge in [0.15, 0.2) is 11.6 Å². The standard InChI is InChI=1S/C13H17FN4OS/c1-18(6-5-12-16-17-13(15)20-12)8-9-3-4-11(19-2)10(14)7-9/h3-4,7H,5-6,8H2,1-2H3,(H2,15,17). The Hall–Kier alpha value is -1.73. The summed E-state index contributed by atoms with van der Waals surface area (Å²) in [6.07, 6.45) is 0.782. The van der Waals surface area contributed by atoms with Crippen LogP contribution in [0.4, 0.5) is 9.52 Å². The third-order valence-electron chi connectivity index (χ3n) is 2.86. The lowest BCUT2D eigenvalue weighted by molar-refractivity contribution is 0.329. The van der Waals surface area contributed by atoms with Gasteiger partial charge in [-0.3, -0.25) is 0 Å². The summed E-state index contributed by atoms with van der Waals surface area (Å²) in [7, 11) is 3.44. The average molecular weight is 296 g/mol. The Morgan fingerprint density at radius 2 is 2.20 bits per heavy atom. The van der Waals surface area contributed by atoms with Gasteiger partial charge in [0, 0.05) is 19.5 Å². The Bertz CT molecular complexity index is 575. The number of hydrogen-bond acceptors (Lipinski definition) is 6. The molecule has 0 saturated heterocycles. The number of aromatic nitrogens is 2. The van der Waals surface area contributed by atoms with Crippen molar-refractivity contribution in [2.24, 2.45) is 0 Å². The van der Waals surface area contributed by atoms with Crippen molar-refractivity contribution in [1.82, 2.24) is 15.1 Å². The van der Waals surface area contributed by atoms with Gasteiger partial charge in [0.05, 0.1) is 7.11 Å². The van der Waals surface area contributed by atoms with Crippen molar-refractivity contribution in [1.29, 1.82) is 0 Å². The molecule has 7 heteroatoms. The topological polar surface area (TPSA) is 64.3 Å².